The largest absolute Gasteiger partial charge is 0.302 e. The molecule has 92 valence electrons. The highest BCUT2D eigenvalue weighted by Crippen LogP contribution is 2.36. The molecule has 1 aliphatic carbocycles. The number of hydrogen-bond acceptors (Lipinski definition) is 5. The van der Waals surface area contributed by atoms with E-state index in [1.165, 1.54) is 0 Å². The first-order valence-electron chi connectivity index (χ1n) is 5.83. The summed E-state index contributed by atoms with van der Waals surface area (Å²) in [6.45, 7) is 1.89. The van der Waals surface area contributed by atoms with Crippen LogP contribution in [0.15, 0.2) is 5.16 Å². The van der Waals surface area contributed by atoms with E-state index in [1.807, 2.05) is 14.0 Å². The van der Waals surface area contributed by atoms with Crippen LogP contribution >= 0.6 is 11.8 Å². The summed E-state index contributed by atoms with van der Waals surface area (Å²) in [4.78, 5) is 4.30. The molecule has 1 aliphatic rings. The third-order valence-corrected chi connectivity index (χ3v) is 4.38. The van der Waals surface area contributed by atoms with E-state index >= 15 is 0 Å². The molecule has 6 heteroatoms. The molecule has 5 nitrogen and oxygen atoms in total. The Morgan fingerprint density at radius 3 is 3.06 bits per heavy atom. The minimum atomic E-state index is -0.360. The van der Waals surface area contributed by atoms with Gasteiger partial charge in [0.15, 0.2) is 0 Å². The van der Waals surface area contributed by atoms with E-state index in [0.717, 1.165) is 36.7 Å². The van der Waals surface area contributed by atoms with Crippen LogP contribution in [0.5, 0.6) is 0 Å². The zero-order valence-electron chi connectivity index (χ0n) is 10.2. The van der Waals surface area contributed by atoms with Gasteiger partial charge in [-0.05, 0) is 39.7 Å². The van der Waals surface area contributed by atoms with E-state index in [1.54, 1.807) is 11.8 Å². The number of H-pyrrole nitrogens is 1. The third kappa shape index (κ3) is 2.79. The Bertz CT molecular complexity index is 424. The van der Waals surface area contributed by atoms with Gasteiger partial charge in [-0.1, -0.05) is 11.8 Å². The fourth-order valence-electron chi connectivity index (χ4n) is 2.23. The Morgan fingerprint density at radius 2 is 2.47 bits per heavy atom. The van der Waals surface area contributed by atoms with Crippen LogP contribution in [0.25, 0.3) is 0 Å². The average molecular weight is 251 g/mol. The standard InChI is InChI=1S/C11H17N5S/c1-8-14-10(16-15-8)17-9-4-3-5-11(6-9,7-12)13-2/h9,13H,3-6H2,1-2H3,(H,14,15,16). The predicted octanol–water partition coefficient (Wildman–Crippen LogP) is 1.63. The van der Waals surface area contributed by atoms with Gasteiger partial charge >= 0.3 is 0 Å². The molecule has 0 amide bonds. The SMILES string of the molecule is CNC1(C#N)CCCC(Sc2n[nH]c(C)n2)C1. The van der Waals surface area contributed by atoms with Gasteiger partial charge in [-0.15, -0.1) is 5.10 Å². The predicted molar refractivity (Wildman–Crippen MR) is 66.6 cm³/mol. The number of aromatic nitrogens is 3. The van der Waals surface area contributed by atoms with E-state index in [4.69, 9.17) is 0 Å². The zero-order valence-corrected chi connectivity index (χ0v) is 11.0. The van der Waals surface area contributed by atoms with Gasteiger partial charge < -0.3 is 5.32 Å². The van der Waals surface area contributed by atoms with E-state index < -0.39 is 0 Å². The molecule has 2 N–H and O–H groups in total. The third-order valence-electron chi connectivity index (χ3n) is 3.25. The molecular weight excluding hydrogens is 234 g/mol. The van der Waals surface area contributed by atoms with E-state index in [-0.39, 0.29) is 5.54 Å². The summed E-state index contributed by atoms with van der Waals surface area (Å²) in [6, 6.07) is 2.41. The highest BCUT2D eigenvalue weighted by Gasteiger charge is 2.35. The molecule has 1 saturated carbocycles. The highest BCUT2D eigenvalue weighted by atomic mass is 32.2. The van der Waals surface area contributed by atoms with Crippen molar-refractivity contribution in [1.82, 2.24) is 20.5 Å². The second kappa shape index (κ2) is 5.07. The van der Waals surface area contributed by atoms with Crippen LogP contribution in [-0.2, 0) is 0 Å². The van der Waals surface area contributed by atoms with Crippen molar-refractivity contribution in [1.29, 1.82) is 5.26 Å². The Hall–Kier alpha value is -1.06. The zero-order chi connectivity index (χ0) is 12.3. The van der Waals surface area contributed by atoms with Crippen molar-refractivity contribution in [2.24, 2.45) is 0 Å². The molecule has 0 aliphatic heterocycles. The molecule has 2 unspecified atom stereocenters. The maximum Gasteiger partial charge on any atom is 0.208 e. The first kappa shape index (κ1) is 12.4. The van der Waals surface area contributed by atoms with Crippen molar-refractivity contribution in [2.75, 3.05) is 7.05 Å². The minimum absolute atomic E-state index is 0.360. The maximum atomic E-state index is 9.27. The summed E-state index contributed by atoms with van der Waals surface area (Å²) in [5.41, 5.74) is -0.360. The van der Waals surface area contributed by atoms with Crippen LogP contribution in [0.3, 0.4) is 0 Å². The summed E-state index contributed by atoms with van der Waals surface area (Å²) in [7, 11) is 1.87. The number of nitrogens with zero attached hydrogens (tertiary/aromatic N) is 3. The first-order chi connectivity index (χ1) is 8.17. The molecule has 0 bridgehead atoms. The van der Waals surface area contributed by atoms with Gasteiger partial charge in [-0.3, -0.25) is 5.10 Å². The molecule has 0 spiro atoms. The minimum Gasteiger partial charge on any atom is -0.302 e. The smallest absolute Gasteiger partial charge is 0.208 e. The second-order valence-corrected chi connectivity index (χ2v) is 5.75. The topological polar surface area (TPSA) is 77.4 Å². The summed E-state index contributed by atoms with van der Waals surface area (Å²) in [5.74, 6) is 0.837. The quantitative estimate of drug-likeness (QED) is 0.853. The number of nitrogens with one attached hydrogen (secondary N) is 2. The maximum absolute atomic E-state index is 9.27. The molecular formula is C11H17N5S. The molecule has 17 heavy (non-hydrogen) atoms. The summed E-state index contributed by atoms with van der Waals surface area (Å²) >= 11 is 1.67. The fraction of sp³-hybridized carbons (Fsp3) is 0.727. The highest BCUT2D eigenvalue weighted by molar-refractivity contribution is 7.99. The number of aryl methyl sites for hydroxylation is 1. The molecule has 2 rings (SSSR count). The van der Waals surface area contributed by atoms with Crippen LogP contribution in [-0.4, -0.2) is 33.0 Å². The van der Waals surface area contributed by atoms with Crippen molar-refractivity contribution in [3.63, 3.8) is 0 Å². The second-order valence-electron chi connectivity index (χ2n) is 4.48. The number of aromatic amines is 1. The Kier molecular flexibility index (Phi) is 3.69. The summed E-state index contributed by atoms with van der Waals surface area (Å²) < 4.78 is 0. The number of thioether (sulfide) groups is 1. The van der Waals surface area contributed by atoms with Crippen molar-refractivity contribution in [2.45, 2.75) is 48.6 Å². The van der Waals surface area contributed by atoms with Gasteiger partial charge in [-0.25, -0.2) is 4.98 Å². The Balaban J connectivity index is 2.01. The molecule has 2 atom stereocenters. The van der Waals surface area contributed by atoms with Gasteiger partial charge in [0, 0.05) is 5.25 Å². The van der Waals surface area contributed by atoms with Crippen molar-refractivity contribution in [3.05, 3.63) is 5.82 Å². The van der Waals surface area contributed by atoms with Gasteiger partial charge in [0.25, 0.3) is 0 Å². The van der Waals surface area contributed by atoms with Gasteiger partial charge in [0.05, 0.1) is 6.07 Å². The lowest BCUT2D eigenvalue weighted by Crippen LogP contribution is -2.46. The molecule has 0 radical (unpaired) electrons. The van der Waals surface area contributed by atoms with Crippen LogP contribution in [0.4, 0.5) is 0 Å². The number of hydrogen-bond donors (Lipinski definition) is 2. The lowest BCUT2D eigenvalue weighted by atomic mass is 9.83. The summed E-state index contributed by atoms with van der Waals surface area (Å²) in [6.07, 6.45) is 4.00. The van der Waals surface area contributed by atoms with Gasteiger partial charge in [0.1, 0.15) is 11.4 Å². The molecule has 1 fully saturated rings. The molecule has 1 aromatic heterocycles. The average Bonchev–Trinajstić information content (AvgIpc) is 2.75. The Morgan fingerprint density at radius 1 is 1.65 bits per heavy atom. The van der Waals surface area contributed by atoms with E-state index in [0.29, 0.717) is 5.25 Å². The molecule has 0 saturated heterocycles. The van der Waals surface area contributed by atoms with Crippen LogP contribution in [0.1, 0.15) is 31.5 Å². The van der Waals surface area contributed by atoms with Gasteiger partial charge in [0.2, 0.25) is 5.16 Å². The number of rotatable bonds is 3. The van der Waals surface area contributed by atoms with Crippen LogP contribution in [0, 0.1) is 18.3 Å². The Labute approximate surface area is 105 Å². The van der Waals surface area contributed by atoms with Crippen molar-refractivity contribution >= 4 is 11.8 Å². The van der Waals surface area contributed by atoms with Crippen molar-refractivity contribution in [3.8, 4) is 6.07 Å². The lowest BCUT2D eigenvalue weighted by molar-refractivity contribution is 0.323. The lowest BCUT2D eigenvalue weighted by Gasteiger charge is -2.34. The molecule has 1 heterocycles. The van der Waals surface area contributed by atoms with E-state index in [9.17, 15) is 5.26 Å². The first-order valence-corrected chi connectivity index (χ1v) is 6.71. The van der Waals surface area contributed by atoms with Crippen LogP contribution in [0.2, 0.25) is 0 Å². The van der Waals surface area contributed by atoms with E-state index in [2.05, 4.69) is 26.6 Å². The van der Waals surface area contributed by atoms with Crippen LogP contribution < -0.4 is 5.32 Å². The van der Waals surface area contributed by atoms with Gasteiger partial charge in [-0.2, -0.15) is 5.26 Å². The summed E-state index contributed by atoms with van der Waals surface area (Å²) in [5, 5.41) is 20.6. The fourth-order valence-corrected chi connectivity index (χ4v) is 3.47. The normalized spacial score (nSPS) is 28.9. The number of nitriles is 1. The monoisotopic (exact) mass is 251 g/mol. The molecule has 1 aromatic rings. The van der Waals surface area contributed by atoms with Crippen molar-refractivity contribution < 1.29 is 0 Å². The molecule has 0 aromatic carbocycles.